The summed E-state index contributed by atoms with van der Waals surface area (Å²) < 4.78 is 26.7. The van der Waals surface area contributed by atoms with E-state index in [1.54, 1.807) is 50.2 Å². The number of phenols is 1. The second-order valence-electron chi connectivity index (χ2n) is 12.3. The molecule has 0 saturated carbocycles. The van der Waals surface area contributed by atoms with Crippen molar-refractivity contribution in [2.24, 2.45) is 5.92 Å². The van der Waals surface area contributed by atoms with Crippen LogP contribution in [0.3, 0.4) is 0 Å². The molecule has 4 rings (SSSR count). The Kier molecular flexibility index (Phi) is 14.4. The van der Waals surface area contributed by atoms with Crippen molar-refractivity contribution in [3.63, 3.8) is 0 Å². The first-order valence-corrected chi connectivity index (χ1v) is 16.6. The maximum atomic E-state index is 13.5. The van der Waals surface area contributed by atoms with E-state index in [-0.39, 0.29) is 43.7 Å². The van der Waals surface area contributed by atoms with E-state index in [1.165, 1.54) is 13.0 Å². The maximum absolute atomic E-state index is 13.5. The van der Waals surface area contributed by atoms with Gasteiger partial charge in [0.15, 0.2) is 11.5 Å². The molecule has 52 heavy (non-hydrogen) atoms. The Balaban J connectivity index is 1.34. The maximum Gasteiger partial charge on any atom is 0.424 e. The zero-order chi connectivity index (χ0) is 37.3. The number of carbonyl (C=O) groups is 4. The first-order valence-electron chi connectivity index (χ1n) is 16.6. The summed E-state index contributed by atoms with van der Waals surface area (Å²) in [7, 11) is 0. The van der Waals surface area contributed by atoms with Gasteiger partial charge in [-0.15, -0.1) is 0 Å². The third-order valence-electron chi connectivity index (χ3n) is 7.72. The lowest BCUT2D eigenvalue weighted by Crippen LogP contribution is -2.59. The number of hydrogen-bond donors (Lipinski definition) is 4. The van der Waals surface area contributed by atoms with Crippen LogP contribution in [0.5, 0.6) is 11.5 Å². The number of benzene rings is 4. The van der Waals surface area contributed by atoms with Crippen LogP contribution < -0.4 is 20.9 Å². The van der Waals surface area contributed by atoms with Gasteiger partial charge in [-0.1, -0.05) is 111 Å². The molecule has 13 heteroatoms. The van der Waals surface area contributed by atoms with E-state index in [9.17, 15) is 24.3 Å². The Hall–Kier alpha value is -6.08. The second kappa shape index (κ2) is 19.3. The van der Waals surface area contributed by atoms with E-state index in [4.69, 9.17) is 23.7 Å². The number of aromatic hydroxyl groups is 1. The van der Waals surface area contributed by atoms with Crippen LogP contribution in [0.25, 0.3) is 0 Å². The minimum absolute atomic E-state index is 0.0114. The molecule has 0 radical (unpaired) electrons. The molecule has 4 N–H and O–H groups in total. The minimum Gasteiger partial charge on any atom is -0.504 e. The van der Waals surface area contributed by atoms with Gasteiger partial charge in [-0.2, -0.15) is 0 Å². The van der Waals surface area contributed by atoms with Crippen molar-refractivity contribution in [2.75, 3.05) is 6.79 Å². The number of hydrogen-bond acceptors (Lipinski definition) is 11. The molecule has 2 atom stereocenters. The van der Waals surface area contributed by atoms with Crippen LogP contribution in [0.1, 0.15) is 43.0 Å². The number of amides is 2. The Morgan fingerprint density at radius 1 is 0.673 bits per heavy atom. The molecule has 0 saturated heterocycles. The molecule has 0 aliphatic rings. The van der Waals surface area contributed by atoms with Crippen LogP contribution in [0, 0.1) is 5.92 Å². The Labute approximate surface area is 302 Å². The molecule has 4 aromatic carbocycles. The van der Waals surface area contributed by atoms with Crippen molar-refractivity contribution in [3.8, 4) is 11.5 Å². The molecular weight excluding hydrogens is 670 g/mol. The van der Waals surface area contributed by atoms with Crippen LogP contribution in [0.4, 0.5) is 9.59 Å². The molecule has 274 valence electrons. The van der Waals surface area contributed by atoms with Crippen molar-refractivity contribution >= 4 is 24.1 Å². The summed E-state index contributed by atoms with van der Waals surface area (Å²) in [6, 6.07) is 31.1. The van der Waals surface area contributed by atoms with Gasteiger partial charge >= 0.3 is 24.1 Å². The minimum atomic E-state index is -1.55. The molecule has 2 amide bonds. The molecule has 0 heterocycles. The first kappa shape index (κ1) is 38.7. The third-order valence-corrected chi connectivity index (χ3v) is 7.72. The van der Waals surface area contributed by atoms with Gasteiger partial charge in [0.2, 0.25) is 6.79 Å². The van der Waals surface area contributed by atoms with Crippen LogP contribution in [0.2, 0.25) is 0 Å². The topological polar surface area (TPSA) is 171 Å². The summed E-state index contributed by atoms with van der Waals surface area (Å²) in [6.07, 6.45) is -1.90. The molecule has 0 aromatic heterocycles. The molecule has 0 fully saturated rings. The van der Waals surface area contributed by atoms with Gasteiger partial charge in [0.25, 0.3) is 0 Å². The lowest BCUT2D eigenvalue weighted by atomic mass is 9.93. The van der Waals surface area contributed by atoms with Crippen LogP contribution in [-0.2, 0) is 54.8 Å². The number of ether oxygens (including phenoxy) is 5. The largest absolute Gasteiger partial charge is 0.504 e. The van der Waals surface area contributed by atoms with Crippen LogP contribution in [-0.4, -0.2) is 47.6 Å². The fourth-order valence-corrected chi connectivity index (χ4v) is 4.82. The Morgan fingerprint density at radius 3 is 1.81 bits per heavy atom. The zero-order valence-electron chi connectivity index (χ0n) is 29.2. The highest BCUT2D eigenvalue weighted by Gasteiger charge is 2.36. The fourth-order valence-electron chi connectivity index (χ4n) is 4.82. The lowest BCUT2D eigenvalue weighted by Gasteiger charge is -2.29. The second-order valence-corrected chi connectivity index (χ2v) is 12.3. The SMILES string of the molecule is CC(C)[C@H](NC(=O)OCc1ccccc1)C(=O)OCOC(=O)NN[C@@](C)(Cc1ccc(O)c(OCc2ccccc2)c1)C(=O)OCc1ccccc1. The quantitative estimate of drug-likeness (QED) is 0.0458. The summed E-state index contributed by atoms with van der Waals surface area (Å²) >= 11 is 0. The fraction of sp³-hybridized carbons (Fsp3) is 0.282. The highest BCUT2D eigenvalue weighted by molar-refractivity contribution is 5.82. The van der Waals surface area contributed by atoms with E-state index < -0.39 is 42.5 Å². The van der Waals surface area contributed by atoms with Gasteiger partial charge in [-0.3, -0.25) is 5.43 Å². The Bertz CT molecular complexity index is 1760. The number of hydrazine groups is 1. The van der Waals surface area contributed by atoms with Gasteiger partial charge in [-0.25, -0.2) is 24.6 Å². The predicted molar refractivity (Wildman–Crippen MR) is 189 cm³/mol. The number of phenolic OH excluding ortho intramolecular Hbond substituents is 1. The van der Waals surface area contributed by atoms with E-state index in [1.807, 2.05) is 66.7 Å². The van der Waals surface area contributed by atoms with E-state index in [0.29, 0.717) is 5.56 Å². The van der Waals surface area contributed by atoms with Crippen molar-refractivity contribution in [2.45, 2.75) is 58.6 Å². The predicted octanol–water partition coefficient (Wildman–Crippen LogP) is 5.70. The van der Waals surface area contributed by atoms with Crippen molar-refractivity contribution < 1.29 is 48.0 Å². The molecule has 0 spiro atoms. The molecule has 0 bridgehead atoms. The number of carbonyl (C=O) groups excluding carboxylic acids is 4. The monoisotopic (exact) mass is 713 g/mol. The smallest absolute Gasteiger partial charge is 0.424 e. The number of alkyl carbamates (subject to hydrolysis) is 1. The van der Waals surface area contributed by atoms with E-state index in [0.717, 1.165) is 16.7 Å². The summed E-state index contributed by atoms with van der Waals surface area (Å²) in [5.41, 5.74) is 6.45. The lowest BCUT2D eigenvalue weighted by molar-refractivity contribution is -0.155. The summed E-state index contributed by atoms with van der Waals surface area (Å²) in [4.78, 5) is 51.2. The number of nitrogens with one attached hydrogen (secondary N) is 3. The zero-order valence-corrected chi connectivity index (χ0v) is 29.2. The molecule has 0 unspecified atom stereocenters. The average Bonchev–Trinajstić information content (AvgIpc) is 3.15. The molecule has 13 nitrogen and oxygen atoms in total. The molecule has 0 aliphatic carbocycles. The number of esters is 2. The van der Waals surface area contributed by atoms with Crippen molar-refractivity contribution in [1.29, 1.82) is 0 Å². The highest BCUT2D eigenvalue weighted by atomic mass is 16.7. The van der Waals surface area contributed by atoms with E-state index >= 15 is 0 Å². The third kappa shape index (κ3) is 12.4. The van der Waals surface area contributed by atoms with Crippen LogP contribution >= 0.6 is 0 Å². The average molecular weight is 714 g/mol. The Morgan fingerprint density at radius 2 is 1.23 bits per heavy atom. The highest BCUT2D eigenvalue weighted by Crippen LogP contribution is 2.29. The van der Waals surface area contributed by atoms with Gasteiger partial charge < -0.3 is 34.1 Å². The van der Waals surface area contributed by atoms with Crippen molar-refractivity contribution in [3.05, 3.63) is 131 Å². The van der Waals surface area contributed by atoms with Gasteiger partial charge in [-0.05, 0) is 47.2 Å². The van der Waals surface area contributed by atoms with E-state index in [2.05, 4.69) is 16.2 Å². The van der Waals surface area contributed by atoms with Gasteiger partial charge in [0.1, 0.15) is 31.4 Å². The summed E-state index contributed by atoms with van der Waals surface area (Å²) in [5.74, 6) is -1.81. The standard InChI is InChI=1S/C39H43N3O10/c1-27(2)34(40-37(46)50-25-30-17-11-6-12-18-30)35(44)51-26-52-38(47)41-42-39(3,36(45)49-24-29-15-9-5-10-16-29)22-31-19-20-32(43)33(21-31)48-23-28-13-7-4-8-14-28/h4-21,27,34,42-43H,22-26H2,1-3H3,(H,40,46)(H,41,47)/t34-,39-/m0/s1. The van der Waals surface area contributed by atoms with Gasteiger partial charge in [0, 0.05) is 6.42 Å². The molecule has 0 aliphatic heterocycles. The summed E-state index contributed by atoms with van der Waals surface area (Å²) in [6.45, 7) is 4.33. The van der Waals surface area contributed by atoms with Crippen molar-refractivity contribution in [1.82, 2.24) is 16.2 Å². The molecular formula is C39H43N3O10. The molecule has 4 aromatic rings. The number of rotatable bonds is 17. The normalized spacial score (nSPS) is 12.5. The van der Waals surface area contributed by atoms with Crippen LogP contribution in [0.15, 0.2) is 109 Å². The summed E-state index contributed by atoms with van der Waals surface area (Å²) in [5, 5.41) is 12.9. The first-order chi connectivity index (χ1) is 25.0. The van der Waals surface area contributed by atoms with Gasteiger partial charge in [0.05, 0.1) is 0 Å².